The number of pyridine rings is 1. The number of ether oxygens (including phenoxy) is 1. The second kappa shape index (κ2) is 5.26. The average Bonchev–Trinajstić information content (AvgIpc) is 2.89. The van der Waals surface area contributed by atoms with Crippen LogP contribution in [-0.4, -0.2) is 26.9 Å². The van der Waals surface area contributed by atoms with Crippen LogP contribution in [-0.2, 0) is 19.5 Å². The summed E-state index contributed by atoms with van der Waals surface area (Å²) in [5, 5.41) is 11.8. The van der Waals surface area contributed by atoms with Crippen molar-refractivity contribution < 1.29 is 4.74 Å². The molecule has 3 heterocycles. The number of fused-ring (bicyclic) bond motifs is 1. The smallest absolute Gasteiger partial charge is 0.213 e. The van der Waals surface area contributed by atoms with Crippen LogP contribution in [0, 0.1) is 0 Å². The van der Waals surface area contributed by atoms with Crippen LogP contribution in [0.2, 0.25) is 0 Å². The van der Waals surface area contributed by atoms with Crippen LogP contribution >= 0.6 is 0 Å². The summed E-state index contributed by atoms with van der Waals surface area (Å²) in [4.78, 5) is 4.16. The van der Waals surface area contributed by atoms with E-state index >= 15 is 0 Å². The molecule has 0 aliphatic carbocycles. The SMILES string of the molecule is COc1ccc(NCc2nnc3n2CCCC3)cn1. The van der Waals surface area contributed by atoms with Gasteiger partial charge in [-0.2, -0.15) is 0 Å². The molecule has 1 N–H and O–H groups in total. The Morgan fingerprint density at radius 2 is 2.26 bits per heavy atom. The third-order valence-corrected chi connectivity index (χ3v) is 3.33. The quantitative estimate of drug-likeness (QED) is 0.904. The molecule has 0 aromatic carbocycles. The Balaban J connectivity index is 1.66. The van der Waals surface area contributed by atoms with Gasteiger partial charge >= 0.3 is 0 Å². The highest BCUT2D eigenvalue weighted by atomic mass is 16.5. The van der Waals surface area contributed by atoms with E-state index in [2.05, 4.69) is 25.1 Å². The molecule has 0 radical (unpaired) electrons. The zero-order chi connectivity index (χ0) is 13.1. The lowest BCUT2D eigenvalue weighted by atomic mass is 10.2. The number of aromatic nitrogens is 4. The van der Waals surface area contributed by atoms with Gasteiger partial charge in [-0.15, -0.1) is 10.2 Å². The number of nitrogens with zero attached hydrogens (tertiary/aromatic N) is 4. The van der Waals surface area contributed by atoms with E-state index in [0.29, 0.717) is 12.4 Å². The van der Waals surface area contributed by atoms with Crippen molar-refractivity contribution in [2.75, 3.05) is 12.4 Å². The molecule has 6 heteroatoms. The highest BCUT2D eigenvalue weighted by molar-refractivity contribution is 5.42. The normalized spacial score (nSPS) is 13.9. The summed E-state index contributed by atoms with van der Waals surface area (Å²) in [5.74, 6) is 2.71. The second-order valence-electron chi connectivity index (χ2n) is 4.58. The standard InChI is InChI=1S/C13H17N5O/c1-19-13-6-5-10(8-15-13)14-9-12-17-16-11-4-2-3-7-18(11)12/h5-6,8,14H,2-4,7,9H2,1H3. The summed E-state index contributed by atoms with van der Waals surface area (Å²) in [7, 11) is 1.61. The zero-order valence-electron chi connectivity index (χ0n) is 11.0. The third-order valence-electron chi connectivity index (χ3n) is 3.33. The summed E-state index contributed by atoms with van der Waals surface area (Å²) >= 11 is 0. The van der Waals surface area contributed by atoms with Gasteiger partial charge in [-0.3, -0.25) is 0 Å². The van der Waals surface area contributed by atoms with Crippen LogP contribution in [0.4, 0.5) is 5.69 Å². The molecular weight excluding hydrogens is 242 g/mol. The highest BCUT2D eigenvalue weighted by Gasteiger charge is 2.15. The van der Waals surface area contributed by atoms with Crippen LogP contribution in [0.1, 0.15) is 24.5 Å². The van der Waals surface area contributed by atoms with Crippen LogP contribution in [0.5, 0.6) is 5.88 Å². The first-order valence-corrected chi connectivity index (χ1v) is 6.51. The number of rotatable bonds is 4. The molecule has 0 amide bonds. The number of methoxy groups -OCH3 is 1. The first-order valence-electron chi connectivity index (χ1n) is 6.51. The molecule has 2 aromatic rings. The summed E-state index contributed by atoms with van der Waals surface area (Å²) < 4.78 is 7.24. The Labute approximate surface area is 111 Å². The molecule has 0 fully saturated rings. The number of hydrogen-bond acceptors (Lipinski definition) is 5. The molecule has 0 unspecified atom stereocenters. The molecule has 1 aliphatic heterocycles. The number of nitrogens with one attached hydrogen (secondary N) is 1. The molecule has 0 bridgehead atoms. The Kier molecular flexibility index (Phi) is 3.31. The van der Waals surface area contributed by atoms with E-state index in [4.69, 9.17) is 4.74 Å². The monoisotopic (exact) mass is 259 g/mol. The van der Waals surface area contributed by atoms with Crippen LogP contribution in [0.15, 0.2) is 18.3 Å². The van der Waals surface area contributed by atoms with Gasteiger partial charge < -0.3 is 14.6 Å². The molecule has 3 rings (SSSR count). The summed E-state index contributed by atoms with van der Waals surface area (Å²) in [6, 6.07) is 3.78. The van der Waals surface area contributed by atoms with Gasteiger partial charge in [0.15, 0.2) is 5.82 Å². The molecule has 0 atom stereocenters. The topological polar surface area (TPSA) is 64.9 Å². The summed E-state index contributed by atoms with van der Waals surface area (Å²) in [6.07, 6.45) is 5.22. The van der Waals surface area contributed by atoms with Crippen molar-refractivity contribution >= 4 is 5.69 Å². The third kappa shape index (κ3) is 2.52. The predicted molar refractivity (Wildman–Crippen MR) is 71.1 cm³/mol. The van der Waals surface area contributed by atoms with E-state index in [1.54, 1.807) is 13.3 Å². The van der Waals surface area contributed by atoms with E-state index in [1.165, 1.54) is 12.8 Å². The molecular formula is C13H17N5O. The Morgan fingerprint density at radius 3 is 3.05 bits per heavy atom. The van der Waals surface area contributed by atoms with Gasteiger partial charge in [-0.05, 0) is 18.9 Å². The lowest BCUT2D eigenvalue weighted by Crippen LogP contribution is -2.15. The minimum absolute atomic E-state index is 0.616. The Morgan fingerprint density at radius 1 is 1.32 bits per heavy atom. The largest absolute Gasteiger partial charge is 0.481 e. The first kappa shape index (κ1) is 12.0. The maximum Gasteiger partial charge on any atom is 0.213 e. The van der Waals surface area contributed by atoms with Crippen molar-refractivity contribution in [3.8, 4) is 5.88 Å². The van der Waals surface area contributed by atoms with E-state index in [0.717, 1.165) is 30.3 Å². The number of aryl methyl sites for hydroxylation is 1. The van der Waals surface area contributed by atoms with Crippen molar-refractivity contribution in [2.24, 2.45) is 0 Å². The van der Waals surface area contributed by atoms with Crippen LogP contribution in [0.3, 0.4) is 0 Å². The molecule has 19 heavy (non-hydrogen) atoms. The van der Waals surface area contributed by atoms with Gasteiger partial charge in [0.2, 0.25) is 5.88 Å². The summed E-state index contributed by atoms with van der Waals surface area (Å²) in [6.45, 7) is 1.70. The lowest BCUT2D eigenvalue weighted by Gasteiger charge is -2.15. The fraction of sp³-hybridized carbons (Fsp3) is 0.462. The van der Waals surface area contributed by atoms with Crippen LogP contribution < -0.4 is 10.1 Å². The van der Waals surface area contributed by atoms with Crippen molar-refractivity contribution in [3.63, 3.8) is 0 Å². The molecule has 100 valence electrons. The lowest BCUT2D eigenvalue weighted by molar-refractivity contribution is 0.398. The fourth-order valence-electron chi connectivity index (χ4n) is 2.29. The van der Waals surface area contributed by atoms with E-state index in [9.17, 15) is 0 Å². The summed E-state index contributed by atoms with van der Waals surface area (Å²) in [5.41, 5.74) is 0.953. The minimum Gasteiger partial charge on any atom is -0.481 e. The Hall–Kier alpha value is -2.11. The predicted octanol–water partition coefficient (Wildman–Crippen LogP) is 1.63. The molecule has 0 saturated carbocycles. The van der Waals surface area contributed by atoms with E-state index in [-0.39, 0.29) is 0 Å². The molecule has 0 spiro atoms. The molecule has 1 aliphatic rings. The molecule has 0 saturated heterocycles. The van der Waals surface area contributed by atoms with Crippen molar-refractivity contribution in [3.05, 3.63) is 30.0 Å². The second-order valence-corrected chi connectivity index (χ2v) is 4.58. The Bertz CT molecular complexity index is 549. The van der Waals surface area contributed by atoms with Crippen molar-refractivity contribution in [2.45, 2.75) is 32.4 Å². The number of hydrogen-bond donors (Lipinski definition) is 1. The van der Waals surface area contributed by atoms with Crippen molar-refractivity contribution in [1.29, 1.82) is 0 Å². The fourth-order valence-corrected chi connectivity index (χ4v) is 2.29. The highest BCUT2D eigenvalue weighted by Crippen LogP contribution is 2.16. The van der Waals surface area contributed by atoms with E-state index in [1.807, 2.05) is 12.1 Å². The van der Waals surface area contributed by atoms with Crippen LogP contribution in [0.25, 0.3) is 0 Å². The van der Waals surface area contributed by atoms with Gasteiger partial charge in [0, 0.05) is 19.0 Å². The minimum atomic E-state index is 0.616. The van der Waals surface area contributed by atoms with Gasteiger partial charge in [-0.25, -0.2) is 4.98 Å². The van der Waals surface area contributed by atoms with Crippen molar-refractivity contribution in [1.82, 2.24) is 19.7 Å². The molecule has 6 nitrogen and oxygen atoms in total. The maximum atomic E-state index is 5.03. The van der Waals surface area contributed by atoms with Gasteiger partial charge in [0.05, 0.1) is 25.5 Å². The van der Waals surface area contributed by atoms with Gasteiger partial charge in [0.1, 0.15) is 5.82 Å². The van der Waals surface area contributed by atoms with Gasteiger partial charge in [-0.1, -0.05) is 0 Å². The first-order chi connectivity index (χ1) is 9.36. The van der Waals surface area contributed by atoms with E-state index < -0.39 is 0 Å². The number of anilines is 1. The molecule has 2 aromatic heterocycles. The zero-order valence-corrected chi connectivity index (χ0v) is 11.0. The van der Waals surface area contributed by atoms with Gasteiger partial charge in [0.25, 0.3) is 0 Å². The average molecular weight is 259 g/mol. The maximum absolute atomic E-state index is 5.03.